The van der Waals surface area contributed by atoms with Gasteiger partial charge in [-0.05, 0) is 37.6 Å². The van der Waals surface area contributed by atoms with Gasteiger partial charge in [0.25, 0.3) is 0 Å². The van der Waals surface area contributed by atoms with Crippen LogP contribution in [0.15, 0.2) is 24.4 Å². The molecule has 4 heteroatoms. The van der Waals surface area contributed by atoms with Crippen LogP contribution in [0.4, 0.5) is 0 Å². The minimum Gasteiger partial charge on any atom is -0.309 e. The molecule has 3 nitrogen and oxygen atoms in total. The SMILES string of the molecule is CCCNC(CC)c1ccc(-c2ccn(C)n2)s1. The van der Waals surface area contributed by atoms with Gasteiger partial charge in [0.05, 0.1) is 4.88 Å². The van der Waals surface area contributed by atoms with E-state index in [0.717, 1.165) is 18.7 Å². The maximum absolute atomic E-state index is 4.45. The summed E-state index contributed by atoms with van der Waals surface area (Å²) in [5.74, 6) is 0. The fourth-order valence-electron chi connectivity index (χ4n) is 1.99. The lowest BCUT2D eigenvalue weighted by molar-refractivity contribution is 0.525. The maximum Gasteiger partial charge on any atom is 0.102 e. The van der Waals surface area contributed by atoms with E-state index in [2.05, 4.69) is 42.5 Å². The Morgan fingerprint density at radius 2 is 2.17 bits per heavy atom. The normalized spacial score (nSPS) is 12.8. The highest BCUT2D eigenvalue weighted by atomic mass is 32.1. The Bertz CT molecular complexity index is 487. The van der Waals surface area contributed by atoms with E-state index in [4.69, 9.17) is 0 Å². The summed E-state index contributed by atoms with van der Waals surface area (Å²) in [6.07, 6.45) is 4.29. The highest BCUT2D eigenvalue weighted by Crippen LogP contribution is 2.31. The molecule has 0 radical (unpaired) electrons. The fraction of sp³-hybridized carbons (Fsp3) is 0.500. The number of aryl methyl sites for hydroxylation is 1. The predicted octanol–water partition coefficient (Wildman–Crippen LogP) is 3.60. The summed E-state index contributed by atoms with van der Waals surface area (Å²) in [6.45, 7) is 5.51. The van der Waals surface area contributed by atoms with Crippen molar-refractivity contribution in [3.05, 3.63) is 29.3 Å². The molecule has 2 rings (SSSR count). The molecule has 0 saturated heterocycles. The van der Waals surface area contributed by atoms with E-state index in [9.17, 15) is 0 Å². The van der Waals surface area contributed by atoms with Crippen LogP contribution >= 0.6 is 11.3 Å². The Kier molecular flexibility index (Phi) is 4.55. The molecule has 1 N–H and O–H groups in total. The topological polar surface area (TPSA) is 29.9 Å². The van der Waals surface area contributed by atoms with Gasteiger partial charge in [-0.1, -0.05) is 13.8 Å². The molecule has 2 heterocycles. The van der Waals surface area contributed by atoms with E-state index in [1.807, 2.05) is 29.3 Å². The number of hydrogen-bond acceptors (Lipinski definition) is 3. The van der Waals surface area contributed by atoms with Gasteiger partial charge in [0.1, 0.15) is 5.69 Å². The summed E-state index contributed by atoms with van der Waals surface area (Å²) in [4.78, 5) is 2.66. The van der Waals surface area contributed by atoms with Crippen LogP contribution in [0.5, 0.6) is 0 Å². The van der Waals surface area contributed by atoms with Crippen LogP contribution < -0.4 is 5.32 Å². The van der Waals surface area contributed by atoms with E-state index >= 15 is 0 Å². The van der Waals surface area contributed by atoms with E-state index in [1.165, 1.54) is 16.2 Å². The third-order valence-corrected chi connectivity index (χ3v) is 4.21. The van der Waals surface area contributed by atoms with Gasteiger partial charge in [-0.25, -0.2) is 0 Å². The van der Waals surface area contributed by atoms with Crippen molar-refractivity contribution in [2.75, 3.05) is 6.54 Å². The average Bonchev–Trinajstić information content (AvgIpc) is 2.99. The first-order valence-corrected chi connectivity index (χ1v) is 7.39. The maximum atomic E-state index is 4.45. The quantitative estimate of drug-likeness (QED) is 0.863. The first kappa shape index (κ1) is 13.3. The van der Waals surface area contributed by atoms with Crippen molar-refractivity contribution in [1.82, 2.24) is 15.1 Å². The molecule has 0 spiro atoms. The molecule has 18 heavy (non-hydrogen) atoms. The van der Waals surface area contributed by atoms with Crippen LogP contribution in [0.25, 0.3) is 10.6 Å². The van der Waals surface area contributed by atoms with Gasteiger partial charge in [-0.15, -0.1) is 11.3 Å². The van der Waals surface area contributed by atoms with Gasteiger partial charge in [0.2, 0.25) is 0 Å². The molecule has 0 amide bonds. The van der Waals surface area contributed by atoms with Gasteiger partial charge in [-0.3, -0.25) is 4.68 Å². The minimum absolute atomic E-state index is 0.479. The molecule has 0 aliphatic carbocycles. The third kappa shape index (κ3) is 3.00. The molecular weight excluding hydrogens is 242 g/mol. The average molecular weight is 263 g/mol. The minimum atomic E-state index is 0.479. The van der Waals surface area contributed by atoms with Gasteiger partial charge < -0.3 is 5.32 Å². The molecule has 0 saturated carbocycles. The van der Waals surface area contributed by atoms with Crippen molar-refractivity contribution in [1.29, 1.82) is 0 Å². The van der Waals surface area contributed by atoms with Gasteiger partial charge >= 0.3 is 0 Å². The lowest BCUT2D eigenvalue weighted by Gasteiger charge is -2.14. The molecule has 0 fully saturated rings. The van der Waals surface area contributed by atoms with Gasteiger partial charge in [0, 0.05) is 24.2 Å². The van der Waals surface area contributed by atoms with E-state index in [-0.39, 0.29) is 0 Å². The number of nitrogens with one attached hydrogen (secondary N) is 1. The summed E-state index contributed by atoms with van der Waals surface area (Å²) in [5, 5.41) is 8.04. The largest absolute Gasteiger partial charge is 0.309 e. The van der Waals surface area contributed by atoms with E-state index in [1.54, 1.807) is 0 Å². The molecule has 2 aromatic heterocycles. The molecule has 0 aliphatic heterocycles. The summed E-state index contributed by atoms with van der Waals surface area (Å²) in [6, 6.07) is 6.95. The van der Waals surface area contributed by atoms with Crippen molar-refractivity contribution < 1.29 is 0 Å². The number of nitrogens with zero attached hydrogens (tertiary/aromatic N) is 2. The molecule has 0 bridgehead atoms. The monoisotopic (exact) mass is 263 g/mol. The smallest absolute Gasteiger partial charge is 0.102 e. The number of aromatic nitrogens is 2. The van der Waals surface area contributed by atoms with Crippen LogP contribution in [0.3, 0.4) is 0 Å². The Morgan fingerprint density at radius 1 is 1.33 bits per heavy atom. The zero-order valence-electron chi connectivity index (χ0n) is 11.3. The van der Waals surface area contributed by atoms with Crippen LogP contribution in [0.1, 0.15) is 37.6 Å². The Balaban J connectivity index is 2.13. The summed E-state index contributed by atoms with van der Waals surface area (Å²) >= 11 is 1.84. The Hall–Kier alpha value is -1.13. The second-order valence-electron chi connectivity index (χ2n) is 4.49. The van der Waals surface area contributed by atoms with Crippen molar-refractivity contribution in [2.24, 2.45) is 7.05 Å². The van der Waals surface area contributed by atoms with Crippen LogP contribution in [-0.2, 0) is 7.05 Å². The van der Waals surface area contributed by atoms with Crippen molar-refractivity contribution in [3.63, 3.8) is 0 Å². The second-order valence-corrected chi connectivity index (χ2v) is 5.61. The number of hydrogen-bond donors (Lipinski definition) is 1. The third-order valence-electron chi connectivity index (χ3n) is 2.99. The fourth-order valence-corrected chi connectivity index (χ4v) is 3.12. The van der Waals surface area contributed by atoms with Crippen molar-refractivity contribution >= 4 is 11.3 Å². The van der Waals surface area contributed by atoms with E-state index < -0.39 is 0 Å². The van der Waals surface area contributed by atoms with Crippen LogP contribution in [0.2, 0.25) is 0 Å². The molecule has 1 atom stereocenters. The first-order chi connectivity index (χ1) is 8.74. The molecule has 0 aromatic carbocycles. The van der Waals surface area contributed by atoms with Crippen molar-refractivity contribution in [3.8, 4) is 10.6 Å². The Labute approximate surface area is 113 Å². The zero-order valence-corrected chi connectivity index (χ0v) is 12.1. The predicted molar refractivity (Wildman–Crippen MR) is 77.8 cm³/mol. The van der Waals surface area contributed by atoms with E-state index in [0.29, 0.717) is 6.04 Å². The first-order valence-electron chi connectivity index (χ1n) is 6.57. The highest BCUT2D eigenvalue weighted by molar-refractivity contribution is 7.15. The Morgan fingerprint density at radius 3 is 2.78 bits per heavy atom. The molecule has 2 aromatic rings. The highest BCUT2D eigenvalue weighted by Gasteiger charge is 2.12. The summed E-state index contributed by atoms with van der Waals surface area (Å²) in [7, 11) is 1.95. The number of thiophene rings is 1. The summed E-state index contributed by atoms with van der Waals surface area (Å²) < 4.78 is 1.85. The van der Waals surface area contributed by atoms with Gasteiger partial charge in [-0.2, -0.15) is 5.10 Å². The molecule has 1 unspecified atom stereocenters. The standard InChI is InChI=1S/C14H21N3S/c1-4-9-15-11(5-2)13-6-7-14(18-13)12-8-10-17(3)16-12/h6-8,10-11,15H,4-5,9H2,1-3H3. The van der Waals surface area contributed by atoms with Crippen molar-refractivity contribution in [2.45, 2.75) is 32.7 Å². The number of rotatable bonds is 6. The zero-order chi connectivity index (χ0) is 13.0. The van der Waals surface area contributed by atoms with Crippen LogP contribution in [-0.4, -0.2) is 16.3 Å². The van der Waals surface area contributed by atoms with Gasteiger partial charge in [0.15, 0.2) is 0 Å². The molecule has 0 aliphatic rings. The van der Waals surface area contributed by atoms with Crippen LogP contribution in [0, 0.1) is 0 Å². The molecule has 98 valence electrons. The lowest BCUT2D eigenvalue weighted by Crippen LogP contribution is -2.20. The lowest BCUT2D eigenvalue weighted by atomic mass is 10.2. The second kappa shape index (κ2) is 6.16. The summed E-state index contributed by atoms with van der Waals surface area (Å²) in [5.41, 5.74) is 1.07. The molecular formula is C14H21N3S.